The van der Waals surface area contributed by atoms with Gasteiger partial charge in [0.2, 0.25) is 11.7 Å². The monoisotopic (exact) mass is 397 g/mol. The number of aromatic nitrogens is 2. The van der Waals surface area contributed by atoms with Gasteiger partial charge in [-0.25, -0.2) is 9.78 Å². The van der Waals surface area contributed by atoms with Crippen LogP contribution in [0.1, 0.15) is 31.7 Å². The fourth-order valence-corrected chi connectivity index (χ4v) is 3.80. The second kappa shape index (κ2) is 8.08. The van der Waals surface area contributed by atoms with Crippen molar-refractivity contribution in [2.24, 2.45) is 0 Å². The Morgan fingerprint density at radius 2 is 2.34 bits per heavy atom. The minimum absolute atomic E-state index is 0.0510. The van der Waals surface area contributed by atoms with E-state index in [4.69, 9.17) is 9.47 Å². The highest BCUT2D eigenvalue weighted by Gasteiger charge is 2.41. The van der Waals surface area contributed by atoms with Crippen LogP contribution in [0.25, 0.3) is 17.1 Å². The molecule has 2 N–H and O–H groups in total. The van der Waals surface area contributed by atoms with Crippen molar-refractivity contribution >= 4 is 28.9 Å². The number of nitrogens with one attached hydrogen (secondary N) is 1. The quantitative estimate of drug-likeness (QED) is 0.452. The Morgan fingerprint density at radius 1 is 1.48 bits per heavy atom. The number of allylic oxidation sites excluding steroid dienone is 1. The van der Waals surface area contributed by atoms with Crippen LogP contribution in [-0.4, -0.2) is 57.5 Å². The average Bonchev–Trinajstić information content (AvgIpc) is 3.30. The molecule has 29 heavy (non-hydrogen) atoms. The molecule has 0 aromatic carbocycles. The fraction of sp³-hybridized carbons (Fsp3) is 0.381. The van der Waals surface area contributed by atoms with Gasteiger partial charge in [-0.2, -0.15) is 0 Å². The van der Waals surface area contributed by atoms with Crippen LogP contribution < -0.4 is 0 Å². The van der Waals surface area contributed by atoms with Crippen molar-refractivity contribution in [3.05, 3.63) is 47.3 Å². The number of pyridine rings is 1. The molecule has 2 aromatic rings. The molecule has 1 unspecified atom stereocenters. The van der Waals surface area contributed by atoms with Crippen LogP contribution >= 0.6 is 0 Å². The predicted octanol–water partition coefficient (Wildman–Crippen LogP) is 2.12. The summed E-state index contributed by atoms with van der Waals surface area (Å²) in [6.07, 6.45) is 7.65. The Kier molecular flexibility index (Phi) is 5.35. The number of ketones is 1. The smallest absolute Gasteiger partial charge is 0.347 e. The van der Waals surface area contributed by atoms with Gasteiger partial charge in [-0.05, 0) is 44.4 Å². The lowest BCUT2D eigenvalue weighted by molar-refractivity contribution is -0.139. The lowest BCUT2D eigenvalue weighted by Crippen LogP contribution is -2.42. The van der Waals surface area contributed by atoms with Gasteiger partial charge >= 0.3 is 5.97 Å². The van der Waals surface area contributed by atoms with Crippen LogP contribution in [0.3, 0.4) is 0 Å². The number of aromatic amines is 1. The highest BCUT2D eigenvalue weighted by Crippen LogP contribution is 2.34. The molecular weight excluding hydrogens is 374 g/mol. The summed E-state index contributed by atoms with van der Waals surface area (Å²) in [5.74, 6) is -0.996. The number of ether oxygens (including phenoxy) is 2. The van der Waals surface area contributed by atoms with E-state index in [2.05, 4.69) is 9.97 Å². The maximum absolute atomic E-state index is 13.1. The first-order chi connectivity index (χ1) is 14.1. The molecule has 0 radical (unpaired) electrons. The van der Waals surface area contributed by atoms with Gasteiger partial charge in [-0.15, -0.1) is 0 Å². The molecule has 1 atom stereocenters. The van der Waals surface area contributed by atoms with Crippen molar-refractivity contribution in [1.29, 1.82) is 0 Å². The number of rotatable bonds is 5. The third-order valence-electron chi connectivity index (χ3n) is 5.22. The van der Waals surface area contributed by atoms with Crippen molar-refractivity contribution in [1.82, 2.24) is 14.9 Å². The summed E-state index contributed by atoms with van der Waals surface area (Å²) in [5.41, 5.74) is 1.31. The van der Waals surface area contributed by atoms with Gasteiger partial charge in [0.05, 0.1) is 19.3 Å². The number of H-pyrrole nitrogens is 1. The molecule has 2 aliphatic heterocycles. The van der Waals surface area contributed by atoms with Gasteiger partial charge in [-0.1, -0.05) is 0 Å². The van der Waals surface area contributed by atoms with E-state index in [-0.39, 0.29) is 36.5 Å². The van der Waals surface area contributed by atoms with Crippen LogP contribution in [0.4, 0.5) is 0 Å². The average molecular weight is 397 g/mol. The minimum atomic E-state index is -0.709. The topological polar surface area (TPSA) is 105 Å². The number of fused-ring (bicyclic) bond motifs is 1. The number of aliphatic hydroxyl groups excluding tert-OH is 1. The normalized spacial score (nSPS) is 21.2. The number of nitrogens with zero attached hydrogens (tertiary/aromatic N) is 2. The maximum Gasteiger partial charge on any atom is 0.347 e. The number of carbonyl (C=O) groups is 2. The molecule has 4 heterocycles. The molecule has 4 rings (SSSR count). The number of piperidine rings is 1. The van der Waals surface area contributed by atoms with Gasteiger partial charge in [0.15, 0.2) is 11.3 Å². The van der Waals surface area contributed by atoms with Crippen molar-refractivity contribution in [3.8, 4) is 0 Å². The van der Waals surface area contributed by atoms with Crippen LogP contribution in [0.15, 0.2) is 41.7 Å². The van der Waals surface area contributed by atoms with E-state index in [9.17, 15) is 14.7 Å². The predicted molar refractivity (Wildman–Crippen MR) is 105 cm³/mol. The Labute approximate surface area is 167 Å². The highest BCUT2D eigenvalue weighted by atomic mass is 16.5. The van der Waals surface area contributed by atoms with Gasteiger partial charge in [-0.3, -0.25) is 4.79 Å². The second-order valence-electron chi connectivity index (χ2n) is 7.01. The minimum Gasteiger partial charge on any atom is -0.462 e. The Hall–Kier alpha value is -3.13. The number of esters is 1. The van der Waals surface area contributed by atoms with E-state index >= 15 is 0 Å². The number of Topliss-reactive ketones (excluding diaryl/α,β-unsaturated/α-hetero) is 1. The molecule has 0 amide bonds. The molecule has 8 nitrogen and oxygen atoms in total. The largest absolute Gasteiger partial charge is 0.462 e. The van der Waals surface area contributed by atoms with E-state index in [1.807, 2.05) is 17.0 Å². The molecule has 152 valence electrons. The summed E-state index contributed by atoms with van der Waals surface area (Å²) in [6.45, 7) is 2.36. The van der Waals surface area contributed by atoms with Crippen molar-refractivity contribution in [2.75, 3.05) is 19.8 Å². The molecule has 0 saturated carbocycles. The van der Waals surface area contributed by atoms with Gasteiger partial charge in [0, 0.05) is 29.9 Å². The van der Waals surface area contributed by atoms with E-state index in [1.54, 1.807) is 25.4 Å². The first kappa shape index (κ1) is 19.2. The first-order valence-corrected chi connectivity index (χ1v) is 9.79. The van der Waals surface area contributed by atoms with E-state index in [0.717, 1.165) is 30.2 Å². The molecule has 0 spiro atoms. The number of aliphatic hydroxyl groups is 1. The Morgan fingerprint density at radius 3 is 3.14 bits per heavy atom. The second-order valence-corrected chi connectivity index (χ2v) is 7.01. The molecule has 0 bridgehead atoms. The van der Waals surface area contributed by atoms with Gasteiger partial charge in [0.1, 0.15) is 5.65 Å². The summed E-state index contributed by atoms with van der Waals surface area (Å²) >= 11 is 0. The summed E-state index contributed by atoms with van der Waals surface area (Å²) in [5, 5.41) is 10.6. The molecule has 1 saturated heterocycles. The lowest BCUT2D eigenvalue weighted by atomic mass is 10.0. The number of likely N-dealkylation sites (tertiary alicyclic amines) is 1. The van der Waals surface area contributed by atoms with Crippen LogP contribution in [0.2, 0.25) is 0 Å². The summed E-state index contributed by atoms with van der Waals surface area (Å²) in [4.78, 5) is 34.7. The standard InChI is InChI=1S/C21H23N3O5/c1-2-28-21(27)17-18(26)16(10-13-11-23-19-15(13)7-5-8-22-19)29-20(17)24-9-4-3-6-14(24)12-25/h5,7-8,10-11,14,25H,2-4,6,9,12H2,1H3,(H,22,23)/b16-10-. The van der Waals surface area contributed by atoms with Crippen molar-refractivity contribution in [2.45, 2.75) is 32.2 Å². The van der Waals surface area contributed by atoms with Crippen LogP contribution in [0.5, 0.6) is 0 Å². The Bertz CT molecular complexity index is 1010. The maximum atomic E-state index is 13.1. The SMILES string of the molecule is CCOC(=O)C1=C(N2CCCCC2CO)O/C(=C\c2c[nH]c3ncccc23)C1=O. The first-order valence-electron chi connectivity index (χ1n) is 9.79. The molecule has 2 aliphatic rings. The fourth-order valence-electron chi connectivity index (χ4n) is 3.80. The van der Waals surface area contributed by atoms with Crippen molar-refractivity contribution in [3.63, 3.8) is 0 Å². The van der Waals surface area contributed by atoms with E-state index in [0.29, 0.717) is 12.2 Å². The third-order valence-corrected chi connectivity index (χ3v) is 5.22. The summed E-state index contributed by atoms with van der Waals surface area (Å²) in [7, 11) is 0. The number of carbonyl (C=O) groups excluding carboxylic acids is 2. The molecular formula is C21H23N3O5. The molecule has 1 fully saturated rings. The lowest BCUT2D eigenvalue weighted by Gasteiger charge is -2.36. The van der Waals surface area contributed by atoms with Crippen LogP contribution in [-0.2, 0) is 19.1 Å². The number of hydrogen-bond acceptors (Lipinski definition) is 7. The van der Waals surface area contributed by atoms with Gasteiger partial charge in [0.25, 0.3) is 0 Å². The van der Waals surface area contributed by atoms with E-state index < -0.39 is 11.8 Å². The highest BCUT2D eigenvalue weighted by molar-refractivity contribution is 6.26. The molecule has 8 heteroatoms. The van der Waals surface area contributed by atoms with Crippen LogP contribution in [0, 0.1) is 0 Å². The summed E-state index contributed by atoms with van der Waals surface area (Å²) < 4.78 is 11.0. The zero-order valence-electron chi connectivity index (χ0n) is 16.2. The zero-order chi connectivity index (χ0) is 20.4. The molecule has 2 aromatic heterocycles. The summed E-state index contributed by atoms with van der Waals surface area (Å²) in [6, 6.07) is 3.49. The van der Waals surface area contributed by atoms with Crippen molar-refractivity contribution < 1.29 is 24.2 Å². The van der Waals surface area contributed by atoms with Gasteiger partial charge < -0.3 is 24.5 Å². The zero-order valence-corrected chi connectivity index (χ0v) is 16.2. The number of hydrogen-bond donors (Lipinski definition) is 2. The molecule has 0 aliphatic carbocycles. The third kappa shape index (κ3) is 3.51. The Balaban J connectivity index is 1.73. The van der Waals surface area contributed by atoms with E-state index in [1.165, 1.54) is 0 Å².